The van der Waals surface area contributed by atoms with Crippen molar-refractivity contribution in [1.29, 1.82) is 0 Å². The molecule has 0 radical (unpaired) electrons. The van der Waals surface area contributed by atoms with Crippen LogP contribution in [0.2, 0.25) is 0 Å². The number of anilines is 1. The number of carbonyl (C=O) groups is 1. The molecule has 2 N–H and O–H groups in total. The number of hydrogen-bond donors (Lipinski definition) is 2. The molecule has 0 fully saturated rings. The molecule has 0 unspecified atom stereocenters. The molecule has 0 bridgehead atoms. The van der Waals surface area contributed by atoms with Gasteiger partial charge in [0.2, 0.25) is 0 Å². The zero-order chi connectivity index (χ0) is 15.0. The first-order chi connectivity index (χ1) is 10.0. The number of hydrogen-bond acceptors (Lipinski definition) is 5. The Balaban J connectivity index is 1.97. The zero-order valence-corrected chi connectivity index (χ0v) is 10.9. The second-order valence-corrected chi connectivity index (χ2v) is 4.39. The fraction of sp³-hybridized carbons (Fsp3) is 0.0833. The number of nitrogens with one attached hydrogen (secondary N) is 2. The van der Waals surface area contributed by atoms with E-state index in [2.05, 4.69) is 20.6 Å². The first-order valence-electron chi connectivity index (χ1n) is 5.98. The lowest BCUT2D eigenvalue weighted by molar-refractivity contribution is -0.384. The summed E-state index contributed by atoms with van der Waals surface area (Å²) in [6, 6.07) is 5.81. The van der Waals surface area contributed by atoms with E-state index >= 15 is 0 Å². The molecule has 0 atom stereocenters. The lowest BCUT2D eigenvalue weighted by atomic mass is 10.2. The summed E-state index contributed by atoms with van der Waals surface area (Å²) in [6.07, 6.45) is 1.68. The molecular formula is C12H10N6O3. The molecule has 9 heteroatoms. The number of aromatic amines is 1. The van der Waals surface area contributed by atoms with Gasteiger partial charge in [-0.1, -0.05) is 0 Å². The first kappa shape index (κ1) is 12.8. The van der Waals surface area contributed by atoms with E-state index in [0.717, 1.165) is 0 Å². The molecule has 0 aliphatic heterocycles. The van der Waals surface area contributed by atoms with Gasteiger partial charge in [0.05, 0.1) is 10.4 Å². The molecule has 9 nitrogen and oxygen atoms in total. The van der Waals surface area contributed by atoms with Crippen molar-refractivity contribution in [2.45, 2.75) is 0 Å². The number of amides is 1. The van der Waals surface area contributed by atoms with Crippen LogP contribution >= 0.6 is 0 Å². The third kappa shape index (κ3) is 2.31. The van der Waals surface area contributed by atoms with Crippen LogP contribution in [0, 0.1) is 10.1 Å². The molecule has 0 saturated heterocycles. The summed E-state index contributed by atoms with van der Waals surface area (Å²) in [7, 11) is 1.73. The van der Waals surface area contributed by atoms with E-state index in [1.807, 2.05) is 0 Å². The fourth-order valence-corrected chi connectivity index (χ4v) is 1.95. The van der Waals surface area contributed by atoms with Crippen molar-refractivity contribution in [3.8, 4) is 0 Å². The van der Waals surface area contributed by atoms with Crippen LogP contribution in [0.4, 0.5) is 11.5 Å². The van der Waals surface area contributed by atoms with Crippen molar-refractivity contribution < 1.29 is 9.72 Å². The van der Waals surface area contributed by atoms with Gasteiger partial charge in [-0.15, -0.1) is 0 Å². The number of carbonyl (C=O) groups excluding carboxylic acids is 1. The second kappa shape index (κ2) is 4.71. The van der Waals surface area contributed by atoms with Gasteiger partial charge in [-0.05, 0) is 6.07 Å². The SMILES string of the molecule is Cn1ccc(NC(=O)c2n[nH]c3ccc([N+](=O)[O-])cc23)n1. The molecule has 2 aromatic heterocycles. The summed E-state index contributed by atoms with van der Waals surface area (Å²) in [5, 5.41) is 24.4. The lowest BCUT2D eigenvalue weighted by Gasteiger charge is -1.99. The number of aryl methyl sites for hydroxylation is 1. The number of non-ortho nitro benzene ring substituents is 1. The molecular weight excluding hydrogens is 276 g/mol. The van der Waals surface area contributed by atoms with Gasteiger partial charge in [0, 0.05) is 36.8 Å². The van der Waals surface area contributed by atoms with Crippen molar-refractivity contribution in [3.63, 3.8) is 0 Å². The van der Waals surface area contributed by atoms with E-state index in [1.54, 1.807) is 24.0 Å². The highest BCUT2D eigenvalue weighted by molar-refractivity contribution is 6.11. The van der Waals surface area contributed by atoms with Gasteiger partial charge >= 0.3 is 0 Å². The highest BCUT2D eigenvalue weighted by Gasteiger charge is 2.17. The average molecular weight is 286 g/mol. The molecule has 106 valence electrons. The third-order valence-electron chi connectivity index (χ3n) is 2.93. The number of rotatable bonds is 3. The molecule has 2 heterocycles. The normalized spacial score (nSPS) is 10.7. The van der Waals surface area contributed by atoms with Crippen LogP contribution in [-0.4, -0.2) is 30.8 Å². The largest absolute Gasteiger partial charge is 0.304 e. The van der Waals surface area contributed by atoms with Crippen molar-refractivity contribution in [3.05, 3.63) is 46.3 Å². The summed E-state index contributed by atoms with van der Waals surface area (Å²) in [5.41, 5.74) is 0.530. The number of nitro groups is 1. The lowest BCUT2D eigenvalue weighted by Crippen LogP contribution is -2.13. The Morgan fingerprint density at radius 2 is 2.24 bits per heavy atom. The van der Waals surface area contributed by atoms with Crippen LogP contribution in [0.5, 0.6) is 0 Å². The Hall–Kier alpha value is -3.23. The van der Waals surface area contributed by atoms with E-state index in [-0.39, 0.29) is 11.4 Å². The number of aromatic nitrogens is 4. The number of nitrogens with zero attached hydrogens (tertiary/aromatic N) is 4. The molecule has 21 heavy (non-hydrogen) atoms. The quantitative estimate of drug-likeness (QED) is 0.558. The molecule has 1 aromatic carbocycles. The van der Waals surface area contributed by atoms with E-state index < -0.39 is 10.8 Å². The maximum absolute atomic E-state index is 12.2. The predicted octanol–water partition coefficient (Wildman–Crippen LogP) is 1.46. The maximum atomic E-state index is 12.2. The molecule has 3 aromatic rings. The average Bonchev–Trinajstić information content (AvgIpc) is 3.04. The Morgan fingerprint density at radius 1 is 1.43 bits per heavy atom. The standard InChI is InChI=1S/C12H10N6O3/c1-17-5-4-10(16-17)13-12(19)11-8-6-7(18(20)21)2-3-9(8)14-15-11/h2-6H,1H3,(H,14,15)(H,13,16,19). The minimum absolute atomic E-state index is 0.0827. The van der Waals surface area contributed by atoms with E-state index in [4.69, 9.17) is 0 Å². The summed E-state index contributed by atoms with van der Waals surface area (Å²) in [5.74, 6) is -0.107. The maximum Gasteiger partial charge on any atom is 0.278 e. The topological polar surface area (TPSA) is 119 Å². The summed E-state index contributed by atoms with van der Waals surface area (Å²) < 4.78 is 1.54. The molecule has 0 aliphatic rings. The Kier molecular flexibility index (Phi) is 2.87. The smallest absolute Gasteiger partial charge is 0.278 e. The van der Waals surface area contributed by atoms with Gasteiger partial charge in [0.1, 0.15) is 0 Å². The van der Waals surface area contributed by atoms with Crippen LogP contribution in [0.15, 0.2) is 30.5 Å². The number of benzene rings is 1. The number of H-pyrrole nitrogens is 1. The van der Waals surface area contributed by atoms with Gasteiger partial charge in [-0.2, -0.15) is 10.2 Å². The minimum Gasteiger partial charge on any atom is -0.304 e. The second-order valence-electron chi connectivity index (χ2n) is 4.39. The Bertz CT molecular complexity index is 850. The van der Waals surface area contributed by atoms with E-state index in [9.17, 15) is 14.9 Å². The number of fused-ring (bicyclic) bond motifs is 1. The van der Waals surface area contributed by atoms with Crippen molar-refractivity contribution in [2.24, 2.45) is 7.05 Å². The highest BCUT2D eigenvalue weighted by Crippen LogP contribution is 2.22. The third-order valence-corrected chi connectivity index (χ3v) is 2.93. The zero-order valence-electron chi connectivity index (χ0n) is 10.9. The van der Waals surface area contributed by atoms with Gasteiger partial charge in [0.25, 0.3) is 11.6 Å². The Labute approximate surface area is 117 Å². The van der Waals surface area contributed by atoms with Gasteiger partial charge < -0.3 is 5.32 Å². The number of nitro benzene ring substituents is 1. The monoisotopic (exact) mass is 286 g/mol. The van der Waals surface area contributed by atoms with Crippen molar-refractivity contribution >= 4 is 28.3 Å². The minimum atomic E-state index is -0.521. The summed E-state index contributed by atoms with van der Waals surface area (Å²) >= 11 is 0. The van der Waals surface area contributed by atoms with Crippen LogP contribution in [0.25, 0.3) is 10.9 Å². The molecule has 3 rings (SSSR count). The molecule has 1 amide bonds. The molecule has 0 aliphatic carbocycles. The molecule has 0 spiro atoms. The van der Waals surface area contributed by atoms with Crippen LogP contribution < -0.4 is 5.32 Å². The van der Waals surface area contributed by atoms with E-state index in [1.165, 1.54) is 18.2 Å². The van der Waals surface area contributed by atoms with Crippen LogP contribution in [-0.2, 0) is 7.05 Å². The van der Waals surface area contributed by atoms with Crippen molar-refractivity contribution in [2.75, 3.05) is 5.32 Å². The van der Waals surface area contributed by atoms with Gasteiger partial charge in [-0.25, -0.2) is 0 Å². The predicted molar refractivity (Wildman–Crippen MR) is 73.9 cm³/mol. The fourth-order valence-electron chi connectivity index (χ4n) is 1.95. The molecule has 0 saturated carbocycles. The first-order valence-corrected chi connectivity index (χ1v) is 5.98. The Morgan fingerprint density at radius 3 is 2.90 bits per heavy atom. The summed E-state index contributed by atoms with van der Waals surface area (Å²) in [6.45, 7) is 0. The van der Waals surface area contributed by atoms with Gasteiger partial charge in [0.15, 0.2) is 11.5 Å². The summed E-state index contributed by atoms with van der Waals surface area (Å²) in [4.78, 5) is 22.4. The highest BCUT2D eigenvalue weighted by atomic mass is 16.6. The van der Waals surface area contributed by atoms with Crippen molar-refractivity contribution in [1.82, 2.24) is 20.0 Å². The van der Waals surface area contributed by atoms with Gasteiger partial charge in [-0.3, -0.25) is 24.7 Å². The van der Waals surface area contributed by atoms with Crippen LogP contribution in [0.1, 0.15) is 10.5 Å². The van der Waals surface area contributed by atoms with Crippen LogP contribution in [0.3, 0.4) is 0 Å². The van der Waals surface area contributed by atoms with E-state index in [0.29, 0.717) is 16.7 Å².